The van der Waals surface area contributed by atoms with Gasteiger partial charge in [0.25, 0.3) is 0 Å². The third kappa shape index (κ3) is 15.0. The summed E-state index contributed by atoms with van der Waals surface area (Å²) in [5.41, 5.74) is 1.13. The minimum absolute atomic E-state index is 0.931. The third-order valence-corrected chi connectivity index (χ3v) is 15.1. The molecule has 2 rings (SSSR count). The van der Waals surface area contributed by atoms with Crippen LogP contribution in [0.15, 0.2) is 28.6 Å². The molecule has 37 heavy (non-hydrogen) atoms. The van der Waals surface area contributed by atoms with E-state index in [9.17, 15) is 0 Å². The van der Waals surface area contributed by atoms with Crippen LogP contribution in [0.4, 0.5) is 0 Å². The average Bonchev–Trinajstić information content (AvgIpc) is 3.35. The predicted octanol–water partition coefficient (Wildman–Crippen LogP) is 10.8. The Labute approximate surface area is 243 Å². The molecule has 0 aliphatic heterocycles. The normalized spacial score (nSPS) is 12.1. The van der Waals surface area contributed by atoms with Crippen molar-refractivity contribution in [2.75, 3.05) is 27.1 Å². The molecule has 0 amide bonds. The first kappa shape index (κ1) is 33.5. The van der Waals surface area contributed by atoms with Crippen molar-refractivity contribution >= 4 is 61.8 Å². The maximum absolute atomic E-state index is 5.49. The fourth-order valence-electron chi connectivity index (χ4n) is 4.51. The van der Waals surface area contributed by atoms with Crippen molar-refractivity contribution in [2.45, 2.75) is 113 Å². The lowest BCUT2D eigenvalue weighted by Crippen LogP contribution is -2.42. The van der Waals surface area contributed by atoms with Crippen LogP contribution in [-0.4, -0.2) is 40.9 Å². The number of benzene rings is 1. The molecule has 2 aromatic rings. The monoisotopic (exact) mass is 603 g/mol. The molecule has 0 radical (unpaired) electrons. The largest absolute Gasteiger partial charge is 0.500 e. The molecule has 4 nitrogen and oxygen atoms in total. The molecule has 1 aromatic heterocycles. The highest BCUT2D eigenvalue weighted by atomic mass is 33.5. The molecular weight excluding hydrogens is 555 g/mol. The highest BCUT2D eigenvalue weighted by Gasteiger charge is 2.36. The lowest BCUT2D eigenvalue weighted by molar-refractivity contribution is 0.122. The van der Waals surface area contributed by atoms with Crippen LogP contribution in [0.1, 0.15) is 103 Å². The van der Waals surface area contributed by atoms with E-state index in [-0.39, 0.29) is 0 Å². The van der Waals surface area contributed by atoms with Crippen molar-refractivity contribution in [3.05, 3.63) is 24.3 Å². The second-order valence-corrected chi connectivity index (χ2v) is 18.2. The molecule has 1 aromatic carbocycles. The Morgan fingerprint density at radius 1 is 0.676 bits per heavy atom. The summed E-state index contributed by atoms with van der Waals surface area (Å²) >= 11 is 1.80. The van der Waals surface area contributed by atoms with E-state index in [1.54, 1.807) is 32.7 Å². The second kappa shape index (κ2) is 22.0. The predicted molar refractivity (Wildman–Crippen MR) is 171 cm³/mol. The summed E-state index contributed by atoms with van der Waals surface area (Å²) < 4.78 is 18.9. The van der Waals surface area contributed by atoms with Crippen molar-refractivity contribution in [1.29, 1.82) is 0 Å². The third-order valence-electron chi connectivity index (χ3n) is 6.82. The molecule has 0 aliphatic carbocycles. The van der Waals surface area contributed by atoms with Gasteiger partial charge >= 0.3 is 8.80 Å². The van der Waals surface area contributed by atoms with Gasteiger partial charge in [-0.15, -0.1) is 11.3 Å². The first-order valence-corrected chi connectivity index (χ1v) is 20.6. The zero-order valence-corrected chi connectivity index (χ0v) is 27.6. The Kier molecular flexibility index (Phi) is 19.9. The maximum atomic E-state index is 5.49. The number of unbranched alkanes of at least 4 members (excludes halogenated alkanes) is 15. The minimum atomic E-state index is -2.35. The molecule has 0 fully saturated rings. The fourth-order valence-corrected chi connectivity index (χ4v) is 11.7. The number of para-hydroxylation sites is 1. The Bertz CT molecular complexity index is 765. The first-order valence-electron chi connectivity index (χ1n) is 14.2. The van der Waals surface area contributed by atoms with Gasteiger partial charge in [-0.1, -0.05) is 113 Å². The SMILES string of the molecule is CO[Si](CCCCCCCCCCCCCCCCCCSSSc1nc2ccccc2s1)(OC)OC. The van der Waals surface area contributed by atoms with E-state index < -0.39 is 8.80 Å². The summed E-state index contributed by atoms with van der Waals surface area (Å²) in [5, 5.41) is 0. The maximum Gasteiger partial charge on any atom is 0.500 e. The van der Waals surface area contributed by atoms with Crippen molar-refractivity contribution in [1.82, 2.24) is 4.98 Å². The van der Waals surface area contributed by atoms with Crippen LogP contribution in [0.3, 0.4) is 0 Å². The van der Waals surface area contributed by atoms with Gasteiger partial charge in [-0.05, 0) is 45.6 Å². The van der Waals surface area contributed by atoms with Gasteiger partial charge in [-0.3, -0.25) is 0 Å². The summed E-state index contributed by atoms with van der Waals surface area (Å²) in [6.07, 6.45) is 22.0. The highest BCUT2D eigenvalue weighted by molar-refractivity contribution is 9.09. The van der Waals surface area contributed by atoms with Gasteiger partial charge in [0.15, 0.2) is 4.34 Å². The van der Waals surface area contributed by atoms with Crippen LogP contribution < -0.4 is 0 Å². The van der Waals surface area contributed by atoms with Crippen molar-refractivity contribution in [3.8, 4) is 0 Å². The molecule has 0 N–H and O–H groups in total. The van der Waals surface area contributed by atoms with E-state index in [0.717, 1.165) is 18.0 Å². The quantitative estimate of drug-likeness (QED) is 0.0635. The van der Waals surface area contributed by atoms with Crippen LogP contribution in [0.2, 0.25) is 6.04 Å². The Morgan fingerprint density at radius 3 is 1.68 bits per heavy atom. The molecule has 212 valence electrons. The van der Waals surface area contributed by atoms with Gasteiger partial charge in [0.1, 0.15) is 0 Å². The van der Waals surface area contributed by atoms with E-state index in [4.69, 9.17) is 13.3 Å². The molecule has 0 aliphatic rings. The fraction of sp³-hybridized carbons (Fsp3) is 0.750. The van der Waals surface area contributed by atoms with Crippen LogP contribution in [0.25, 0.3) is 10.2 Å². The standard InChI is InChI=1S/C28H49NO3S4Si/c1-30-37(31-2,32-3)25-21-17-15-13-11-9-7-5-4-6-8-10-12-14-16-20-24-33-36-35-28-29-26-22-18-19-23-27(26)34-28/h18-19,22-23H,4-17,20-21,24-25H2,1-3H3. The van der Waals surface area contributed by atoms with Gasteiger partial charge in [-0.25, -0.2) is 4.98 Å². The average molecular weight is 604 g/mol. The summed E-state index contributed by atoms with van der Waals surface area (Å²) in [4.78, 5) is 4.68. The van der Waals surface area contributed by atoms with Crippen molar-refractivity contribution < 1.29 is 13.3 Å². The van der Waals surface area contributed by atoms with Crippen molar-refractivity contribution in [2.24, 2.45) is 0 Å². The Balaban J connectivity index is 1.25. The lowest BCUT2D eigenvalue weighted by Gasteiger charge is -2.24. The first-order chi connectivity index (χ1) is 18.2. The molecule has 0 bridgehead atoms. The summed E-state index contributed by atoms with van der Waals surface area (Å²) in [7, 11) is 8.44. The number of aromatic nitrogens is 1. The molecule has 0 spiro atoms. The van der Waals surface area contributed by atoms with Gasteiger partial charge in [-0.2, -0.15) is 0 Å². The van der Waals surface area contributed by atoms with Gasteiger partial charge in [0.2, 0.25) is 0 Å². The number of hydrogen-bond acceptors (Lipinski definition) is 8. The highest BCUT2D eigenvalue weighted by Crippen LogP contribution is 2.43. The summed E-state index contributed by atoms with van der Waals surface area (Å²) in [6.45, 7) is 0. The molecule has 0 atom stereocenters. The molecule has 0 saturated carbocycles. The Hall–Kier alpha value is 0.257. The van der Waals surface area contributed by atoms with E-state index in [1.807, 2.05) is 31.4 Å². The summed E-state index contributed by atoms with van der Waals surface area (Å²) in [6, 6.07) is 9.33. The van der Waals surface area contributed by atoms with Crippen LogP contribution in [-0.2, 0) is 13.3 Å². The van der Waals surface area contributed by atoms with E-state index in [2.05, 4.69) is 29.2 Å². The van der Waals surface area contributed by atoms with Crippen LogP contribution in [0.5, 0.6) is 0 Å². The molecule has 9 heteroatoms. The Morgan fingerprint density at radius 2 is 1.16 bits per heavy atom. The number of nitrogens with zero attached hydrogens (tertiary/aromatic N) is 1. The van der Waals surface area contributed by atoms with E-state index in [0.29, 0.717) is 0 Å². The van der Waals surface area contributed by atoms with E-state index in [1.165, 1.54) is 111 Å². The lowest BCUT2D eigenvalue weighted by atomic mass is 10.0. The zero-order chi connectivity index (χ0) is 26.4. The topological polar surface area (TPSA) is 40.6 Å². The molecule has 1 heterocycles. The van der Waals surface area contributed by atoms with Crippen molar-refractivity contribution in [3.63, 3.8) is 0 Å². The van der Waals surface area contributed by atoms with Crippen LogP contribution >= 0.6 is 42.8 Å². The summed E-state index contributed by atoms with van der Waals surface area (Å²) in [5.74, 6) is 1.25. The molecular formula is C28H49NO3S4Si. The van der Waals surface area contributed by atoms with Gasteiger partial charge in [0.05, 0.1) is 10.2 Å². The molecule has 0 unspecified atom stereocenters. The van der Waals surface area contributed by atoms with E-state index >= 15 is 0 Å². The molecule has 0 saturated heterocycles. The number of hydrogen-bond donors (Lipinski definition) is 0. The number of thiazole rings is 1. The number of fused-ring (bicyclic) bond motifs is 1. The minimum Gasteiger partial charge on any atom is -0.377 e. The zero-order valence-electron chi connectivity index (χ0n) is 23.3. The van der Waals surface area contributed by atoms with Gasteiger partial charge < -0.3 is 13.3 Å². The second-order valence-electron chi connectivity index (χ2n) is 9.62. The van der Waals surface area contributed by atoms with Gasteiger partial charge in [0, 0.05) is 33.1 Å². The number of rotatable bonds is 25. The van der Waals surface area contributed by atoms with Crippen LogP contribution in [0, 0.1) is 0 Å². The smallest absolute Gasteiger partial charge is 0.377 e.